The van der Waals surface area contributed by atoms with Gasteiger partial charge in [0.2, 0.25) is 15.9 Å². The summed E-state index contributed by atoms with van der Waals surface area (Å²) in [5, 5.41) is 2.87. The van der Waals surface area contributed by atoms with Gasteiger partial charge in [-0.05, 0) is 49.4 Å². The van der Waals surface area contributed by atoms with Gasteiger partial charge in [-0.1, -0.05) is 11.6 Å². The van der Waals surface area contributed by atoms with Crippen molar-refractivity contribution < 1.29 is 22.7 Å². The van der Waals surface area contributed by atoms with E-state index in [2.05, 4.69) is 10.0 Å². The molecule has 1 amide bonds. The minimum absolute atomic E-state index is 0.129. The SMILES string of the molecule is COc1ccc(NC(=O)[C@H](C)NS(=O)(=O)c2cc(Cl)ccc2OC)cc1. The van der Waals surface area contributed by atoms with Gasteiger partial charge in [0, 0.05) is 10.7 Å². The molecule has 7 nitrogen and oxygen atoms in total. The zero-order chi connectivity index (χ0) is 19.3. The Balaban J connectivity index is 2.13. The summed E-state index contributed by atoms with van der Waals surface area (Å²) >= 11 is 5.87. The molecular formula is C17H19ClN2O5S. The second-order valence-electron chi connectivity index (χ2n) is 5.36. The largest absolute Gasteiger partial charge is 0.497 e. The summed E-state index contributed by atoms with van der Waals surface area (Å²) in [6.07, 6.45) is 0. The molecular weight excluding hydrogens is 380 g/mol. The van der Waals surface area contributed by atoms with Gasteiger partial charge in [0.15, 0.2) is 0 Å². The van der Waals surface area contributed by atoms with Crippen LogP contribution in [0.1, 0.15) is 6.92 Å². The number of amides is 1. The molecule has 9 heteroatoms. The van der Waals surface area contributed by atoms with Crippen LogP contribution in [0.15, 0.2) is 47.4 Å². The van der Waals surface area contributed by atoms with Crippen LogP contribution < -0.4 is 19.5 Å². The number of hydrogen-bond acceptors (Lipinski definition) is 5. The van der Waals surface area contributed by atoms with E-state index >= 15 is 0 Å². The van der Waals surface area contributed by atoms with Crippen LogP contribution in [-0.4, -0.2) is 34.6 Å². The maximum Gasteiger partial charge on any atom is 0.245 e. The second-order valence-corrected chi connectivity index (χ2v) is 7.47. The van der Waals surface area contributed by atoms with Crippen LogP contribution in [0.3, 0.4) is 0 Å². The Morgan fingerprint density at radius 3 is 2.31 bits per heavy atom. The van der Waals surface area contributed by atoms with E-state index < -0.39 is 22.0 Å². The van der Waals surface area contributed by atoms with Crippen molar-refractivity contribution in [3.05, 3.63) is 47.5 Å². The van der Waals surface area contributed by atoms with E-state index in [-0.39, 0.29) is 15.7 Å². The van der Waals surface area contributed by atoms with Crippen molar-refractivity contribution in [3.8, 4) is 11.5 Å². The lowest BCUT2D eigenvalue weighted by molar-refractivity contribution is -0.117. The number of carbonyl (C=O) groups is 1. The average Bonchev–Trinajstić information content (AvgIpc) is 2.62. The van der Waals surface area contributed by atoms with Crippen molar-refractivity contribution in [2.75, 3.05) is 19.5 Å². The molecule has 0 aliphatic rings. The second kappa shape index (κ2) is 8.39. The molecule has 2 rings (SSSR count). The number of benzene rings is 2. The van der Waals surface area contributed by atoms with Gasteiger partial charge in [-0.2, -0.15) is 4.72 Å². The Morgan fingerprint density at radius 2 is 1.73 bits per heavy atom. The highest BCUT2D eigenvalue weighted by Crippen LogP contribution is 2.27. The molecule has 0 heterocycles. The van der Waals surface area contributed by atoms with Crippen LogP contribution in [0.25, 0.3) is 0 Å². The number of ether oxygens (including phenoxy) is 2. The predicted molar refractivity (Wildman–Crippen MR) is 99.4 cm³/mol. The summed E-state index contributed by atoms with van der Waals surface area (Å²) in [7, 11) is -1.13. The third-order valence-corrected chi connectivity index (χ3v) is 5.29. The minimum Gasteiger partial charge on any atom is -0.497 e. The van der Waals surface area contributed by atoms with Gasteiger partial charge in [-0.3, -0.25) is 4.79 Å². The molecule has 0 radical (unpaired) electrons. The summed E-state index contributed by atoms with van der Waals surface area (Å²) in [4.78, 5) is 12.1. The number of halogens is 1. The van der Waals surface area contributed by atoms with E-state index in [0.29, 0.717) is 11.4 Å². The highest BCUT2D eigenvalue weighted by molar-refractivity contribution is 7.89. The van der Waals surface area contributed by atoms with E-state index in [1.165, 1.54) is 39.3 Å². The smallest absolute Gasteiger partial charge is 0.245 e. The zero-order valence-corrected chi connectivity index (χ0v) is 16.0. The Labute approximate surface area is 157 Å². The van der Waals surface area contributed by atoms with Crippen molar-refractivity contribution in [2.45, 2.75) is 17.9 Å². The van der Waals surface area contributed by atoms with Crippen molar-refractivity contribution in [1.29, 1.82) is 0 Å². The standard InChI is InChI=1S/C17H19ClN2O5S/c1-11(17(21)19-13-5-7-14(24-2)8-6-13)20-26(22,23)16-10-12(18)4-9-15(16)25-3/h4-11,20H,1-3H3,(H,19,21)/t11-/m0/s1. The van der Waals surface area contributed by atoms with Crippen LogP contribution in [0.4, 0.5) is 5.69 Å². The first-order valence-electron chi connectivity index (χ1n) is 7.57. The average molecular weight is 399 g/mol. The number of rotatable bonds is 7. The van der Waals surface area contributed by atoms with E-state index in [0.717, 1.165) is 0 Å². The molecule has 0 saturated heterocycles. The van der Waals surface area contributed by atoms with Gasteiger partial charge >= 0.3 is 0 Å². The van der Waals surface area contributed by atoms with Gasteiger partial charge in [0.05, 0.1) is 20.3 Å². The minimum atomic E-state index is -4.01. The monoisotopic (exact) mass is 398 g/mol. The highest BCUT2D eigenvalue weighted by Gasteiger charge is 2.25. The van der Waals surface area contributed by atoms with Crippen molar-refractivity contribution in [3.63, 3.8) is 0 Å². The molecule has 140 valence electrons. The molecule has 0 bridgehead atoms. The Kier molecular flexibility index (Phi) is 6.47. The van der Waals surface area contributed by atoms with Crippen molar-refractivity contribution in [2.24, 2.45) is 0 Å². The maximum absolute atomic E-state index is 12.6. The molecule has 26 heavy (non-hydrogen) atoms. The van der Waals surface area contributed by atoms with E-state index in [4.69, 9.17) is 21.1 Å². The molecule has 1 atom stereocenters. The Hall–Kier alpha value is -2.29. The van der Waals surface area contributed by atoms with Crippen LogP contribution in [0, 0.1) is 0 Å². The third kappa shape index (κ3) is 4.87. The summed E-state index contributed by atoms with van der Waals surface area (Å²) in [6, 6.07) is 9.86. The lowest BCUT2D eigenvalue weighted by Crippen LogP contribution is -2.41. The van der Waals surface area contributed by atoms with Gasteiger partial charge in [-0.15, -0.1) is 0 Å². The molecule has 0 saturated carbocycles. The molecule has 0 aromatic heterocycles. The molecule has 2 aromatic rings. The van der Waals surface area contributed by atoms with E-state index in [9.17, 15) is 13.2 Å². The molecule has 0 fully saturated rings. The van der Waals surface area contributed by atoms with Gasteiger partial charge in [0.1, 0.15) is 16.4 Å². The predicted octanol–water partition coefficient (Wildman–Crippen LogP) is 2.66. The number of anilines is 1. The lowest BCUT2D eigenvalue weighted by Gasteiger charge is -2.16. The molecule has 0 aliphatic heterocycles. The first-order chi connectivity index (χ1) is 12.3. The van der Waals surface area contributed by atoms with Gasteiger partial charge in [0.25, 0.3) is 0 Å². The summed E-state index contributed by atoms with van der Waals surface area (Å²) in [5.41, 5.74) is 0.516. The molecule has 0 aliphatic carbocycles. The quantitative estimate of drug-likeness (QED) is 0.747. The number of hydrogen-bond donors (Lipinski definition) is 2. The molecule has 0 spiro atoms. The van der Waals surface area contributed by atoms with Gasteiger partial charge in [-0.25, -0.2) is 8.42 Å². The normalized spacial score (nSPS) is 12.3. The molecule has 2 N–H and O–H groups in total. The fraction of sp³-hybridized carbons (Fsp3) is 0.235. The maximum atomic E-state index is 12.6. The lowest BCUT2D eigenvalue weighted by atomic mass is 10.2. The topological polar surface area (TPSA) is 93.7 Å². The highest BCUT2D eigenvalue weighted by atomic mass is 35.5. The first-order valence-corrected chi connectivity index (χ1v) is 9.43. The third-order valence-electron chi connectivity index (χ3n) is 3.50. The number of carbonyl (C=O) groups excluding carboxylic acids is 1. The summed E-state index contributed by atoms with van der Waals surface area (Å²) in [6.45, 7) is 1.44. The van der Waals surface area contributed by atoms with Crippen LogP contribution in [0.2, 0.25) is 5.02 Å². The fourth-order valence-corrected chi connectivity index (χ4v) is 3.77. The number of sulfonamides is 1. The molecule has 2 aromatic carbocycles. The number of nitrogens with one attached hydrogen (secondary N) is 2. The van der Waals surface area contributed by atoms with Crippen LogP contribution in [0.5, 0.6) is 11.5 Å². The Bertz CT molecular complexity index is 885. The van der Waals surface area contributed by atoms with Crippen LogP contribution >= 0.6 is 11.6 Å². The van der Waals surface area contributed by atoms with Gasteiger partial charge < -0.3 is 14.8 Å². The van der Waals surface area contributed by atoms with Crippen molar-refractivity contribution >= 4 is 33.2 Å². The Morgan fingerprint density at radius 1 is 1.08 bits per heavy atom. The first kappa shape index (κ1) is 20.0. The van der Waals surface area contributed by atoms with Crippen molar-refractivity contribution in [1.82, 2.24) is 4.72 Å². The van der Waals surface area contributed by atoms with E-state index in [1.54, 1.807) is 24.3 Å². The van der Waals surface area contributed by atoms with E-state index in [1.807, 2.05) is 0 Å². The summed E-state index contributed by atoms with van der Waals surface area (Å²) in [5.74, 6) is 0.259. The zero-order valence-electron chi connectivity index (χ0n) is 14.4. The fourth-order valence-electron chi connectivity index (χ4n) is 2.14. The van der Waals surface area contributed by atoms with Crippen LogP contribution in [-0.2, 0) is 14.8 Å². The number of methoxy groups -OCH3 is 2. The summed E-state index contributed by atoms with van der Waals surface area (Å²) < 4.78 is 37.5. The molecule has 0 unspecified atom stereocenters.